The maximum Gasteiger partial charge on any atom is 0.0638 e. The van der Waals surface area contributed by atoms with E-state index in [-0.39, 0.29) is 0 Å². The third-order valence-electron chi connectivity index (χ3n) is 3.24. The lowest BCUT2D eigenvalue weighted by Crippen LogP contribution is -2.31. The number of aryl methyl sites for hydroxylation is 2. The minimum atomic E-state index is 0.642. The highest BCUT2D eigenvalue weighted by molar-refractivity contribution is 5.22. The lowest BCUT2D eigenvalue weighted by Gasteiger charge is -2.12. The van der Waals surface area contributed by atoms with Gasteiger partial charge >= 0.3 is 0 Å². The van der Waals surface area contributed by atoms with Crippen LogP contribution in [0.4, 0.5) is 0 Å². The highest BCUT2D eigenvalue weighted by Gasteiger charge is 2.19. The minimum absolute atomic E-state index is 0.642. The topological polar surface area (TPSA) is 44.0 Å². The van der Waals surface area contributed by atoms with Crippen molar-refractivity contribution in [2.75, 3.05) is 20.1 Å². The number of likely N-dealkylation sites (N-methyl/N-ethyl adjacent to an activating group) is 1. The molecule has 1 aliphatic rings. The average molecular weight is 208 g/mol. The molecule has 0 saturated carbocycles. The fourth-order valence-corrected chi connectivity index (χ4v) is 2.18. The Bertz CT molecular complexity index is 312. The van der Waals surface area contributed by atoms with Gasteiger partial charge in [-0.1, -0.05) is 0 Å². The van der Waals surface area contributed by atoms with Crippen LogP contribution in [0.2, 0.25) is 0 Å². The van der Waals surface area contributed by atoms with Crippen molar-refractivity contribution in [3.8, 4) is 0 Å². The molecule has 4 nitrogen and oxygen atoms in total. The van der Waals surface area contributed by atoms with Crippen LogP contribution in [0.15, 0.2) is 0 Å². The first-order valence-electron chi connectivity index (χ1n) is 5.59. The third kappa shape index (κ3) is 2.38. The van der Waals surface area contributed by atoms with Crippen LogP contribution in [-0.2, 0) is 6.54 Å². The number of H-pyrrole nitrogens is 1. The van der Waals surface area contributed by atoms with Gasteiger partial charge in [0, 0.05) is 30.4 Å². The zero-order valence-corrected chi connectivity index (χ0v) is 9.80. The lowest BCUT2D eigenvalue weighted by atomic mass is 10.2. The van der Waals surface area contributed by atoms with E-state index in [1.807, 2.05) is 0 Å². The maximum absolute atomic E-state index is 4.20. The molecule has 15 heavy (non-hydrogen) atoms. The molecule has 1 aliphatic heterocycles. The Hall–Kier alpha value is -0.870. The van der Waals surface area contributed by atoms with Crippen molar-refractivity contribution >= 4 is 0 Å². The molecule has 0 amide bonds. The van der Waals surface area contributed by atoms with Crippen molar-refractivity contribution in [2.45, 2.75) is 32.9 Å². The van der Waals surface area contributed by atoms with Crippen LogP contribution in [0.3, 0.4) is 0 Å². The molecule has 84 valence electrons. The first kappa shape index (κ1) is 10.6. The Labute approximate surface area is 91.1 Å². The van der Waals surface area contributed by atoms with E-state index in [2.05, 4.69) is 41.3 Å². The normalized spacial score (nSPS) is 22.5. The van der Waals surface area contributed by atoms with E-state index < -0.39 is 0 Å². The van der Waals surface area contributed by atoms with Gasteiger partial charge in [0.05, 0.1) is 5.69 Å². The van der Waals surface area contributed by atoms with Crippen molar-refractivity contribution in [1.29, 1.82) is 0 Å². The molecule has 1 atom stereocenters. The predicted molar refractivity (Wildman–Crippen MR) is 60.8 cm³/mol. The van der Waals surface area contributed by atoms with E-state index in [0.717, 1.165) is 18.8 Å². The molecule has 0 bridgehead atoms. The second-order valence-corrected chi connectivity index (χ2v) is 4.54. The van der Waals surface area contributed by atoms with Crippen molar-refractivity contribution in [3.63, 3.8) is 0 Å². The largest absolute Gasteiger partial charge is 0.308 e. The summed E-state index contributed by atoms with van der Waals surface area (Å²) in [6.07, 6.45) is 1.26. The molecule has 0 radical (unpaired) electrons. The molecular weight excluding hydrogens is 188 g/mol. The number of aromatic amines is 1. The zero-order valence-electron chi connectivity index (χ0n) is 9.80. The van der Waals surface area contributed by atoms with Gasteiger partial charge in [-0.2, -0.15) is 5.10 Å². The number of nitrogens with one attached hydrogen (secondary N) is 2. The Morgan fingerprint density at radius 1 is 1.53 bits per heavy atom. The predicted octanol–water partition coefficient (Wildman–Crippen LogP) is 0.820. The number of nitrogens with zero attached hydrogens (tertiary/aromatic N) is 2. The Morgan fingerprint density at radius 3 is 2.87 bits per heavy atom. The summed E-state index contributed by atoms with van der Waals surface area (Å²) in [5, 5.41) is 10.8. The van der Waals surface area contributed by atoms with Gasteiger partial charge in [-0.15, -0.1) is 0 Å². The molecule has 0 aromatic carbocycles. The highest BCUT2D eigenvalue weighted by atomic mass is 15.2. The Morgan fingerprint density at radius 2 is 2.33 bits per heavy atom. The monoisotopic (exact) mass is 208 g/mol. The number of rotatable bonds is 3. The van der Waals surface area contributed by atoms with E-state index in [9.17, 15) is 0 Å². The first-order valence-corrected chi connectivity index (χ1v) is 5.59. The summed E-state index contributed by atoms with van der Waals surface area (Å²) in [7, 11) is 2.18. The second kappa shape index (κ2) is 4.33. The molecule has 0 aliphatic carbocycles. The molecule has 2 N–H and O–H groups in total. The molecular formula is C11H20N4. The Balaban J connectivity index is 1.88. The fourth-order valence-electron chi connectivity index (χ4n) is 2.18. The van der Waals surface area contributed by atoms with Crippen LogP contribution in [0.5, 0.6) is 0 Å². The molecule has 1 aromatic rings. The maximum atomic E-state index is 4.20. The average Bonchev–Trinajstić information content (AvgIpc) is 2.73. The van der Waals surface area contributed by atoms with Crippen LogP contribution in [0.1, 0.15) is 23.4 Å². The van der Waals surface area contributed by atoms with Crippen LogP contribution in [0, 0.1) is 13.8 Å². The fraction of sp³-hybridized carbons (Fsp3) is 0.727. The number of hydrogen-bond donors (Lipinski definition) is 2. The van der Waals surface area contributed by atoms with Gasteiger partial charge in [-0.3, -0.25) is 5.10 Å². The minimum Gasteiger partial charge on any atom is -0.308 e. The van der Waals surface area contributed by atoms with Crippen molar-refractivity contribution in [3.05, 3.63) is 17.0 Å². The third-order valence-corrected chi connectivity index (χ3v) is 3.24. The van der Waals surface area contributed by atoms with Crippen LogP contribution < -0.4 is 5.32 Å². The van der Waals surface area contributed by atoms with E-state index in [1.165, 1.54) is 24.2 Å². The van der Waals surface area contributed by atoms with Gasteiger partial charge in [0.15, 0.2) is 0 Å². The summed E-state index contributed by atoms with van der Waals surface area (Å²) in [5.74, 6) is 0. The van der Waals surface area contributed by atoms with Gasteiger partial charge in [-0.05, 0) is 33.9 Å². The van der Waals surface area contributed by atoms with Crippen LogP contribution in [0.25, 0.3) is 0 Å². The molecule has 1 unspecified atom stereocenters. The molecule has 1 fully saturated rings. The van der Waals surface area contributed by atoms with Gasteiger partial charge in [0.2, 0.25) is 0 Å². The summed E-state index contributed by atoms with van der Waals surface area (Å²) in [6, 6.07) is 0.642. The second-order valence-electron chi connectivity index (χ2n) is 4.54. The molecule has 4 heteroatoms. The smallest absolute Gasteiger partial charge is 0.0638 e. The lowest BCUT2D eigenvalue weighted by molar-refractivity contribution is 0.397. The van der Waals surface area contributed by atoms with Gasteiger partial charge < -0.3 is 10.2 Å². The van der Waals surface area contributed by atoms with E-state index in [1.54, 1.807) is 0 Å². The number of aromatic nitrogens is 2. The number of likely N-dealkylation sites (tertiary alicyclic amines) is 1. The quantitative estimate of drug-likeness (QED) is 0.773. The standard InChI is InChI=1S/C11H20N4/c1-8-11(9(2)14-13-8)6-12-10-4-5-15(3)7-10/h10,12H,4-7H2,1-3H3,(H,13,14). The summed E-state index contributed by atoms with van der Waals surface area (Å²) in [4.78, 5) is 2.37. The van der Waals surface area contributed by atoms with Crippen LogP contribution >= 0.6 is 0 Å². The van der Waals surface area contributed by atoms with Gasteiger partial charge in [0.25, 0.3) is 0 Å². The van der Waals surface area contributed by atoms with E-state index in [4.69, 9.17) is 0 Å². The van der Waals surface area contributed by atoms with E-state index in [0.29, 0.717) is 6.04 Å². The van der Waals surface area contributed by atoms with E-state index >= 15 is 0 Å². The first-order chi connectivity index (χ1) is 7.16. The molecule has 0 spiro atoms. The number of hydrogen-bond acceptors (Lipinski definition) is 3. The van der Waals surface area contributed by atoms with Crippen LogP contribution in [-0.4, -0.2) is 41.3 Å². The van der Waals surface area contributed by atoms with Gasteiger partial charge in [0.1, 0.15) is 0 Å². The molecule has 1 saturated heterocycles. The molecule has 2 rings (SSSR count). The summed E-state index contributed by atoms with van der Waals surface area (Å²) in [6.45, 7) is 7.45. The highest BCUT2D eigenvalue weighted by Crippen LogP contribution is 2.11. The summed E-state index contributed by atoms with van der Waals surface area (Å²) >= 11 is 0. The van der Waals surface area contributed by atoms with Crippen molar-refractivity contribution < 1.29 is 0 Å². The molecule has 2 heterocycles. The summed E-state index contributed by atoms with van der Waals surface area (Å²) < 4.78 is 0. The van der Waals surface area contributed by atoms with Gasteiger partial charge in [-0.25, -0.2) is 0 Å². The van der Waals surface area contributed by atoms with Crippen molar-refractivity contribution in [1.82, 2.24) is 20.4 Å². The summed E-state index contributed by atoms with van der Waals surface area (Å²) in [5.41, 5.74) is 3.63. The SMILES string of the molecule is Cc1n[nH]c(C)c1CNC1CCN(C)C1. The Kier molecular flexibility index (Phi) is 3.07. The zero-order chi connectivity index (χ0) is 10.8. The molecule has 1 aromatic heterocycles. The van der Waals surface area contributed by atoms with Crippen molar-refractivity contribution in [2.24, 2.45) is 0 Å².